The third kappa shape index (κ3) is 2.17. The monoisotopic (exact) mass is 237 g/mol. The normalized spacial score (nSPS) is 11.7. The van der Waals surface area contributed by atoms with Gasteiger partial charge in [-0.15, -0.1) is 0 Å². The van der Waals surface area contributed by atoms with Gasteiger partial charge in [0.1, 0.15) is 5.75 Å². The summed E-state index contributed by atoms with van der Waals surface area (Å²) in [5.74, 6) is -3.34. The molecule has 0 radical (unpaired) electrons. The van der Waals surface area contributed by atoms with E-state index in [0.29, 0.717) is 0 Å². The zero-order valence-electron chi connectivity index (χ0n) is 7.78. The van der Waals surface area contributed by atoms with Gasteiger partial charge in [-0.3, -0.25) is 0 Å². The van der Waals surface area contributed by atoms with Gasteiger partial charge in [0.25, 0.3) is 0 Å². The van der Waals surface area contributed by atoms with E-state index in [1.807, 2.05) is 0 Å². The molecule has 1 aromatic rings. The predicted molar refractivity (Wildman–Crippen MR) is 50.6 cm³/mol. The third-order valence-electron chi connectivity index (χ3n) is 1.76. The topological polar surface area (TPSA) is 69.4 Å². The maximum absolute atomic E-state index is 12.2. The maximum Gasteiger partial charge on any atom is 0.341 e. The predicted octanol–water partition coefficient (Wildman–Crippen LogP) is 1.27. The average molecular weight is 237 g/mol. The van der Waals surface area contributed by atoms with Gasteiger partial charge in [0, 0.05) is 6.07 Å². The van der Waals surface area contributed by atoms with Gasteiger partial charge in [-0.25, -0.2) is 8.42 Å². The number of hydrogen-bond acceptors (Lipinski definition) is 4. The molecule has 2 N–H and O–H groups in total. The molecule has 4 nitrogen and oxygen atoms in total. The summed E-state index contributed by atoms with van der Waals surface area (Å²) in [6, 6.07) is 3.56. The first-order valence-corrected chi connectivity index (χ1v) is 5.39. The number of ether oxygens (including phenoxy) is 1. The Morgan fingerprint density at radius 2 is 2.00 bits per heavy atom. The van der Waals surface area contributed by atoms with E-state index in [1.165, 1.54) is 19.2 Å². The minimum Gasteiger partial charge on any atom is -0.497 e. The van der Waals surface area contributed by atoms with Crippen molar-refractivity contribution in [3.8, 4) is 5.75 Å². The summed E-state index contributed by atoms with van der Waals surface area (Å²) in [4.78, 5) is -0.614. The van der Waals surface area contributed by atoms with Crippen molar-refractivity contribution >= 4 is 15.5 Å². The van der Waals surface area contributed by atoms with Crippen LogP contribution < -0.4 is 10.5 Å². The van der Waals surface area contributed by atoms with Crippen LogP contribution in [0.5, 0.6) is 5.75 Å². The molecule has 0 saturated heterocycles. The Bertz CT molecular complexity index is 459. The van der Waals surface area contributed by atoms with Gasteiger partial charge in [-0.1, -0.05) is 0 Å². The zero-order chi connectivity index (χ0) is 11.6. The molecule has 0 amide bonds. The Balaban J connectivity index is 3.37. The van der Waals surface area contributed by atoms with Gasteiger partial charge in [-0.2, -0.15) is 8.78 Å². The number of nitrogen functional groups attached to an aromatic ring is 1. The summed E-state index contributed by atoms with van der Waals surface area (Å²) in [6.07, 6.45) is 0. The van der Waals surface area contributed by atoms with E-state index in [2.05, 4.69) is 0 Å². The molecule has 0 aliphatic rings. The van der Waals surface area contributed by atoms with Gasteiger partial charge in [0.15, 0.2) is 0 Å². The number of sulfone groups is 1. The van der Waals surface area contributed by atoms with Crippen LogP contribution in [0.1, 0.15) is 0 Å². The fourth-order valence-electron chi connectivity index (χ4n) is 0.984. The number of alkyl halides is 2. The molecule has 0 aliphatic carbocycles. The Hall–Kier alpha value is -1.37. The molecule has 84 valence electrons. The van der Waals surface area contributed by atoms with Crippen LogP contribution in [0.3, 0.4) is 0 Å². The molecule has 0 fully saturated rings. The smallest absolute Gasteiger partial charge is 0.341 e. The third-order valence-corrected chi connectivity index (χ3v) is 3.20. The molecule has 0 aliphatic heterocycles. The lowest BCUT2D eigenvalue weighted by atomic mass is 10.3. The summed E-state index contributed by atoms with van der Waals surface area (Å²) < 4.78 is 51.4. The largest absolute Gasteiger partial charge is 0.497 e. The van der Waals surface area contributed by atoms with Crippen LogP contribution >= 0.6 is 0 Å². The van der Waals surface area contributed by atoms with E-state index in [1.54, 1.807) is 0 Å². The molecule has 0 aromatic heterocycles. The molecule has 0 spiro atoms. The van der Waals surface area contributed by atoms with Crippen LogP contribution in [0.25, 0.3) is 0 Å². The van der Waals surface area contributed by atoms with Crippen molar-refractivity contribution in [3.05, 3.63) is 18.2 Å². The highest BCUT2D eigenvalue weighted by Crippen LogP contribution is 2.27. The van der Waals surface area contributed by atoms with Crippen LogP contribution in [-0.4, -0.2) is 21.3 Å². The first kappa shape index (κ1) is 11.7. The van der Waals surface area contributed by atoms with Crippen molar-refractivity contribution in [3.63, 3.8) is 0 Å². The van der Waals surface area contributed by atoms with Crippen molar-refractivity contribution in [1.29, 1.82) is 0 Å². The van der Waals surface area contributed by atoms with Crippen LogP contribution in [-0.2, 0) is 9.84 Å². The van der Waals surface area contributed by atoms with Crippen molar-refractivity contribution < 1.29 is 21.9 Å². The second kappa shape index (κ2) is 4.01. The summed E-state index contributed by atoms with van der Waals surface area (Å²) in [6.45, 7) is 0. The summed E-state index contributed by atoms with van der Waals surface area (Å²) >= 11 is 0. The summed E-state index contributed by atoms with van der Waals surface area (Å²) in [7, 11) is -3.38. The van der Waals surface area contributed by atoms with Crippen LogP contribution in [0.2, 0.25) is 0 Å². The molecule has 1 aromatic carbocycles. The van der Waals surface area contributed by atoms with Crippen LogP contribution in [0.4, 0.5) is 14.5 Å². The zero-order valence-corrected chi connectivity index (χ0v) is 8.59. The number of benzene rings is 1. The molecular weight excluding hydrogens is 228 g/mol. The van der Waals surface area contributed by atoms with E-state index < -0.39 is 20.5 Å². The Kier molecular flexibility index (Phi) is 3.13. The number of halogens is 2. The second-order valence-corrected chi connectivity index (χ2v) is 4.60. The van der Waals surface area contributed by atoms with E-state index in [9.17, 15) is 17.2 Å². The Morgan fingerprint density at radius 3 is 2.47 bits per heavy atom. The minimum atomic E-state index is -4.68. The molecule has 0 saturated carbocycles. The highest BCUT2D eigenvalue weighted by Gasteiger charge is 2.29. The average Bonchev–Trinajstić information content (AvgIpc) is 2.18. The fraction of sp³-hybridized carbons (Fsp3) is 0.250. The lowest BCUT2D eigenvalue weighted by Gasteiger charge is -2.08. The Morgan fingerprint density at radius 1 is 1.40 bits per heavy atom. The minimum absolute atomic E-state index is 0.156. The maximum atomic E-state index is 12.2. The number of methoxy groups -OCH3 is 1. The molecule has 0 heterocycles. The van der Waals surface area contributed by atoms with Crippen molar-refractivity contribution in [2.24, 2.45) is 0 Å². The first-order valence-electron chi connectivity index (χ1n) is 3.85. The van der Waals surface area contributed by atoms with Gasteiger partial charge in [0.2, 0.25) is 9.84 Å². The molecule has 0 bridgehead atoms. The summed E-state index contributed by atoms with van der Waals surface area (Å²) in [5.41, 5.74) is 5.07. The van der Waals surface area contributed by atoms with Gasteiger partial charge < -0.3 is 10.5 Å². The molecule has 0 unspecified atom stereocenters. The first-order chi connectivity index (χ1) is 6.89. The van der Waals surface area contributed by atoms with Crippen LogP contribution in [0.15, 0.2) is 23.1 Å². The van der Waals surface area contributed by atoms with E-state index in [-0.39, 0.29) is 11.4 Å². The number of anilines is 1. The Labute approximate surface area is 85.6 Å². The highest BCUT2D eigenvalue weighted by atomic mass is 32.2. The summed E-state index contributed by atoms with van der Waals surface area (Å²) in [5, 5.41) is 0. The van der Waals surface area contributed by atoms with E-state index in [0.717, 1.165) is 6.07 Å². The SMILES string of the molecule is COc1ccc(N)c(S(=O)(=O)C(F)F)c1. The fourth-order valence-corrected chi connectivity index (χ4v) is 1.85. The number of nitrogens with two attached hydrogens (primary N) is 1. The lowest BCUT2D eigenvalue weighted by molar-refractivity contribution is 0.235. The molecular formula is C8H9F2NO3S. The number of rotatable bonds is 3. The van der Waals surface area contributed by atoms with Crippen LogP contribution in [0, 0.1) is 0 Å². The molecule has 0 atom stereocenters. The quantitative estimate of drug-likeness (QED) is 0.804. The lowest BCUT2D eigenvalue weighted by Crippen LogP contribution is -2.13. The highest BCUT2D eigenvalue weighted by molar-refractivity contribution is 7.91. The molecule has 1 rings (SSSR count). The molecule has 7 heteroatoms. The van der Waals surface area contributed by atoms with Crippen molar-refractivity contribution in [2.45, 2.75) is 10.7 Å². The molecule has 15 heavy (non-hydrogen) atoms. The van der Waals surface area contributed by atoms with Gasteiger partial charge in [0.05, 0.1) is 17.7 Å². The van der Waals surface area contributed by atoms with Gasteiger partial charge in [-0.05, 0) is 12.1 Å². The van der Waals surface area contributed by atoms with Gasteiger partial charge >= 0.3 is 5.76 Å². The standard InChI is InChI=1S/C8H9F2NO3S/c1-14-5-2-3-6(11)7(4-5)15(12,13)8(9)10/h2-4,8H,11H2,1H3. The van der Waals surface area contributed by atoms with E-state index >= 15 is 0 Å². The van der Waals surface area contributed by atoms with Crippen molar-refractivity contribution in [1.82, 2.24) is 0 Å². The number of hydrogen-bond donors (Lipinski definition) is 1. The van der Waals surface area contributed by atoms with E-state index in [4.69, 9.17) is 10.5 Å². The van der Waals surface area contributed by atoms with Crippen molar-refractivity contribution in [2.75, 3.05) is 12.8 Å². The second-order valence-electron chi connectivity index (χ2n) is 2.71.